The van der Waals surface area contributed by atoms with Crippen molar-refractivity contribution in [3.63, 3.8) is 0 Å². The number of hydrogen-bond donors (Lipinski definition) is 6. The van der Waals surface area contributed by atoms with Gasteiger partial charge in [0.05, 0.1) is 0 Å². The number of carbonyl (C=O) groups is 3. The van der Waals surface area contributed by atoms with Crippen LogP contribution in [0, 0.1) is 5.41 Å². The predicted octanol–water partition coefficient (Wildman–Crippen LogP) is -3.26. The third-order valence-electron chi connectivity index (χ3n) is 2.18. The van der Waals surface area contributed by atoms with Crippen LogP contribution in [0.15, 0.2) is 0 Å². The van der Waals surface area contributed by atoms with Crippen molar-refractivity contribution in [3.8, 4) is 0 Å². The van der Waals surface area contributed by atoms with Crippen LogP contribution >= 0.6 is 0 Å². The van der Waals surface area contributed by atoms with Crippen LogP contribution in [0.3, 0.4) is 0 Å². The van der Waals surface area contributed by atoms with E-state index in [0.717, 1.165) is 0 Å². The van der Waals surface area contributed by atoms with Gasteiger partial charge in [0.15, 0.2) is 0 Å². The van der Waals surface area contributed by atoms with Crippen LogP contribution in [-0.2, 0) is 14.4 Å². The summed E-state index contributed by atoms with van der Waals surface area (Å²) >= 11 is 0. The van der Waals surface area contributed by atoms with Crippen LogP contribution in [0.1, 0.15) is 19.8 Å². The highest BCUT2D eigenvalue weighted by Crippen LogP contribution is 2.24. The van der Waals surface area contributed by atoms with Crippen LogP contribution in [0.4, 0.5) is 0 Å². The Labute approximate surface area is 92.0 Å². The molecule has 9 N–H and O–H groups in total. The third-order valence-corrected chi connectivity index (χ3v) is 2.18. The minimum atomic E-state index is -2.05. The zero-order valence-electron chi connectivity index (χ0n) is 8.87. The number of nitrogens with two attached hydrogens (primary N) is 3. The standard InChI is InChI=1S/C7H16N6O3/c1-2-3-7(4(14)11-8,5(15)12-9)6(16)13-10/h2-3,8-10H2,1H3,(H,11,14)(H,12,15)(H,13,16). The van der Waals surface area contributed by atoms with Gasteiger partial charge in [-0.25, -0.2) is 17.5 Å². The molecule has 9 heteroatoms. The van der Waals surface area contributed by atoms with Crippen LogP contribution in [-0.4, -0.2) is 17.7 Å². The minimum Gasteiger partial charge on any atom is -0.293 e. The molecule has 0 saturated carbocycles. The highest BCUT2D eigenvalue weighted by atomic mass is 16.2. The molecule has 16 heavy (non-hydrogen) atoms. The molecule has 0 aromatic carbocycles. The second-order valence-corrected chi connectivity index (χ2v) is 3.08. The molecule has 0 unspecified atom stereocenters. The third kappa shape index (κ3) is 2.27. The lowest BCUT2D eigenvalue weighted by molar-refractivity contribution is -0.153. The summed E-state index contributed by atoms with van der Waals surface area (Å²) in [7, 11) is 0. The summed E-state index contributed by atoms with van der Waals surface area (Å²) < 4.78 is 0. The van der Waals surface area contributed by atoms with Gasteiger partial charge >= 0.3 is 0 Å². The van der Waals surface area contributed by atoms with Gasteiger partial charge in [0.2, 0.25) is 5.41 Å². The molecule has 0 atom stereocenters. The predicted molar refractivity (Wildman–Crippen MR) is 54.3 cm³/mol. The van der Waals surface area contributed by atoms with Crippen molar-refractivity contribution in [2.75, 3.05) is 0 Å². The van der Waals surface area contributed by atoms with Crippen LogP contribution in [0.2, 0.25) is 0 Å². The summed E-state index contributed by atoms with van der Waals surface area (Å²) in [5.41, 5.74) is 3.20. The Bertz CT molecular complexity index is 251. The molecule has 0 aromatic rings. The minimum absolute atomic E-state index is 0.0674. The fourth-order valence-corrected chi connectivity index (χ4v) is 1.39. The molecule has 0 rings (SSSR count). The zero-order chi connectivity index (χ0) is 12.8. The molecule has 0 bridgehead atoms. The van der Waals surface area contributed by atoms with Crippen molar-refractivity contribution >= 4 is 17.7 Å². The SMILES string of the molecule is CCCC(C(=O)NN)(C(=O)NN)C(=O)NN. The Morgan fingerprint density at radius 1 is 0.938 bits per heavy atom. The van der Waals surface area contributed by atoms with E-state index in [0.29, 0.717) is 6.42 Å². The van der Waals surface area contributed by atoms with Gasteiger partial charge in [-0.3, -0.25) is 30.7 Å². The van der Waals surface area contributed by atoms with Crippen LogP contribution < -0.4 is 33.8 Å². The van der Waals surface area contributed by atoms with Crippen molar-refractivity contribution in [1.29, 1.82) is 0 Å². The molecule has 0 aliphatic rings. The lowest BCUT2D eigenvalue weighted by Crippen LogP contribution is -2.62. The van der Waals surface area contributed by atoms with E-state index in [1.165, 1.54) is 0 Å². The number of nitrogens with one attached hydrogen (secondary N) is 3. The summed E-state index contributed by atoms with van der Waals surface area (Å²) in [4.78, 5) is 34.7. The van der Waals surface area contributed by atoms with Gasteiger partial charge in [-0.05, 0) is 6.42 Å². The second kappa shape index (κ2) is 6.00. The Morgan fingerprint density at radius 2 is 1.25 bits per heavy atom. The normalized spacial score (nSPS) is 10.5. The monoisotopic (exact) mass is 232 g/mol. The molecule has 0 aliphatic heterocycles. The largest absolute Gasteiger partial charge is 0.293 e. The Balaban J connectivity index is 5.47. The molecule has 0 radical (unpaired) electrons. The number of carbonyl (C=O) groups excluding carboxylic acids is 3. The van der Waals surface area contributed by atoms with E-state index in [1.807, 2.05) is 0 Å². The van der Waals surface area contributed by atoms with Gasteiger partial charge in [0.1, 0.15) is 0 Å². The first-order valence-corrected chi connectivity index (χ1v) is 4.54. The number of rotatable bonds is 5. The molecular formula is C7H16N6O3. The molecule has 0 spiro atoms. The first kappa shape index (κ1) is 14.3. The molecule has 3 amide bonds. The average Bonchev–Trinajstić information content (AvgIpc) is 2.32. The highest BCUT2D eigenvalue weighted by Gasteiger charge is 2.51. The number of amides is 3. The van der Waals surface area contributed by atoms with Gasteiger partial charge in [-0.15, -0.1) is 0 Å². The van der Waals surface area contributed by atoms with Crippen molar-refractivity contribution in [2.24, 2.45) is 22.9 Å². The molecule has 92 valence electrons. The molecule has 0 aromatic heterocycles. The van der Waals surface area contributed by atoms with Crippen molar-refractivity contribution in [3.05, 3.63) is 0 Å². The second-order valence-electron chi connectivity index (χ2n) is 3.08. The molecule has 0 heterocycles. The topological polar surface area (TPSA) is 165 Å². The van der Waals surface area contributed by atoms with Crippen LogP contribution in [0.25, 0.3) is 0 Å². The Morgan fingerprint density at radius 3 is 1.44 bits per heavy atom. The van der Waals surface area contributed by atoms with Gasteiger partial charge in [0, 0.05) is 0 Å². The van der Waals surface area contributed by atoms with E-state index in [9.17, 15) is 14.4 Å². The summed E-state index contributed by atoms with van der Waals surface area (Å²) in [6.45, 7) is 1.69. The van der Waals surface area contributed by atoms with Crippen molar-refractivity contribution in [2.45, 2.75) is 19.8 Å². The van der Waals surface area contributed by atoms with Gasteiger partial charge in [0.25, 0.3) is 17.7 Å². The van der Waals surface area contributed by atoms with E-state index in [1.54, 1.807) is 23.2 Å². The quantitative estimate of drug-likeness (QED) is 0.126. The average molecular weight is 232 g/mol. The van der Waals surface area contributed by atoms with E-state index in [4.69, 9.17) is 17.5 Å². The highest BCUT2D eigenvalue weighted by molar-refractivity contribution is 6.22. The summed E-state index contributed by atoms with van der Waals surface area (Å²) in [5, 5.41) is 0. The first-order valence-electron chi connectivity index (χ1n) is 4.54. The number of hydrazine groups is 3. The van der Waals surface area contributed by atoms with E-state index in [2.05, 4.69) is 0 Å². The maximum absolute atomic E-state index is 11.6. The maximum Gasteiger partial charge on any atom is 0.259 e. The van der Waals surface area contributed by atoms with Crippen molar-refractivity contribution in [1.82, 2.24) is 16.3 Å². The van der Waals surface area contributed by atoms with E-state index < -0.39 is 23.1 Å². The zero-order valence-corrected chi connectivity index (χ0v) is 8.87. The summed E-state index contributed by atoms with van der Waals surface area (Å²) in [6.07, 6.45) is 0.316. The number of hydrogen-bond acceptors (Lipinski definition) is 6. The van der Waals surface area contributed by atoms with Gasteiger partial charge < -0.3 is 0 Å². The van der Waals surface area contributed by atoms with Crippen LogP contribution in [0.5, 0.6) is 0 Å². The van der Waals surface area contributed by atoms with Gasteiger partial charge in [-0.2, -0.15) is 0 Å². The fourth-order valence-electron chi connectivity index (χ4n) is 1.39. The van der Waals surface area contributed by atoms with Gasteiger partial charge in [-0.1, -0.05) is 13.3 Å². The molecular weight excluding hydrogens is 216 g/mol. The molecule has 9 nitrogen and oxygen atoms in total. The first-order chi connectivity index (χ1) is 7.50. The molecule has 0 fully saturated rings. The fraction of sp³-hybridized carbons (Fsp3) is 0.571. The smallest absolute Gasteiger partial charge is 0.259 e. The Hall–Kier alpha value is -1.71. The van der Waals surface area contributed by atoms with Crippen molar-refractivity contribution < 1.29 is 14.4 Å². The molecule has 0 saturated heterocycles. The maximum atomic E-state index is 11.6. The lowest BCUT2D eigenvalue weighted by atomic mass is 9.80. The van der Waals surface area contributed by atoms with E-state index >= 15 is 0 Å². The lowest BCUT2D eigenvalue weighted by Gasteiger charge is -2.26. The molecule has 0 aliphatic carbocycles. The summed E-state index contributed by atoms with van der Waals surface area (Å²) in [6, 6.07) is 0. The summed E-state index contributed by atoms with van der Waals surface area (Å²) in [5.74, 6) is 11.9. The van der Waals surface area contributed by atoms with E-state index in [-0.39, 0.29) is 6.42 Å². The Kier molecular flexibility index (Phi) is 5.36.